The average Bonchev–Trinajstić information content (AvgIpc) is 2.62. The minimum Gasteiger partial charge on any atom is -0.508 e. The van der Waals surface area contributed by atoms with E-state index < -0.39 is 0 Å². The standard InChI is InChI=1S/C22H27NO2/c1-25-22(18-9-6-12-21(24)13-18)19-10-5-11-20(22)16-23(15-19)14-17-7-3-2-4-8-17/h2-4,6-9,12-13,19-20,24H,5,10-11,14-16H2,1H3/t19-,20+,22+. The summed E-state index contributed by atoms with van der Waals surface area (Å²) in [6, 6.07) is 18.4. The number of phenols is 1. The van der Waals surface area contributed by atoms with Gasteiger partial charge >= 0.3 is 0 Å². The van der Waals surface area contributed by atoms with Crippen LogP contribution in [0.15, 0.2) is 54.6 Å². The molecule has 132 valence electrons. The van der Waals surface area contributed by atoms with Crippen molar-refractivity contribution in [1.82, 2.24) is 4.90 Å². The average molecular weight is 337 g/mol. The number of methoxy groups -OCH3 is 1. The Labute approximate surface area is 150 Å². The molecule has 1 saturated carbocycles. The first kappa shape index (κ1) is 16.6. The highest BCUT2D eigenvalue weighted by molar-refractivity contribution is 5.34. The lowest BCUT2D eigenvalue weighted by atomic mass is 9.62. The van der Waals surface area contributed by atoms with E-state index in [4.69, 9.17) is 4.74 Å². The van der Waals surface area contributed by atoms with Crippen molar-refractivity contribution < 1.29 is 9.84 Å². The molecule has 2 aromatic rings. The highest BCUT2D eigenvalue weighted by Crippen LogP contribution is 2.52. The molecule has 25 heavy (non-hydrogen) atoms. The molecule has 0 spiro atoms. The van der Waals surface area contributed by atoms with Gasteiger partial charge in [-0.25, -0.2) is 0 Å². The minimum atomic E-state index is -0.260. The molecule has 3 heteroatoms. The van der Waals surface area contributed by atoms with Crippen molar-refractivity contribution in [1.29, 1.82) is 0 Å². The zero-order chi connectivity index (χ0) is 17.3. The molecule has 1 heterocycles. The van der Waals surface area contributed by atoms with Crippen LogP contribution in [0.4, 0.5) is 0 Å². The van der Waals surface area contributed by atoms with Crippen molar-refractivity contribution in [2.24, 2.45) is 11.8 Å². The van der Waals surface area contributed by atoms with Gasteiger partial charge < -0.3 is 9.84 Å². The van der Waals surface area contributed by atoms with Gasteiger partial charge in [-0.3, -0.25) is 4.90 Å². The fourth-order valence-corrected chi connectivity index (χ4v) is 5.17. The maximum absolute atomic E-state index is 10.00. The van der Waals surface area contributed by atoms with E-state index in [1.165, 1.54) is 24.8 Å². The van der Waals surface area contributed by atoms with Crippen molar-refractivity contribution in [2.75, 3.05) is 20.2 Å². The number of fused-ring (bicyclic) bond motifs is 2. The van der Waals surface area contributed by atoms with E-state index in [-0.39, 0.29) is 5.60 Å². The number of ether oxygens (including phenoxy) is 1. The third-order valence-electron chi connectivity index (χ3n) is 6.16. The molecule has 3 nitrogen and oxygen atoms in total. The van der Waals surface area contributed by atoms with Gasteiger partial charge in [-0.05, 0) is 36.1 Å². The van der Waals surface area contributed by atoms with Gasteiger partial charge in [-0.1, -0.05) is 48.9 Å². The monoisotopic (exact) mass is 337 g/mol. The van der Waals surface area contributed by atoms with Crippen LogP contribution in [0.25, 0.3) is 0 Å². The van der Waals surface area contributed by atoms with Gasteiger partial charge in [0.2, 0.25) is 0 Å². The fraction of sp³-hybridized carbons (Fsp3) is 0.455. The smallest absolute Gasteiger partial charge is 0.115 e. The summed E-state index contributed by atoms with van der Waals surface area (Å²) < 4.78 is 6.25. The Morgan fingerprint density at radius 2 is 1.76 bits per heavy atom. The zero-order valence-corrected chi connectivity index (χ0v) is 14.9. The summed E-state index contributed by atoms with van der Waals surface area (Å²) in [5.41, 5.74) is 2.26. The van der Waals surface area contributed by atoms with Crippen LogP contribution in [0.3, 0.4) is 0 Å². The van der Waals surface area contributed by atoms with E-state index in [0.717, 1.165) is 25.2 Å². The van der Waals surface area contributed by atoms with E-state index in [2.05, 4.69) is 41.3 Å². The summed E-state index contributed by atoms with van der Waals surface area (Å²) in [6.45, 7) is 3.11. The lowest BCUT2D eigenvalue weighted by molar-refractivity contribution is -0.170. The Morgan fingerprint density at radius 3 is 2.40 bits per heavy atom. The van der Waals surface area contributed by atoms with Crippen LogP contribution in [0.1, 0.15) is 30.4 Å². The van der Waals surface area contributed by atoms with E-state index in [1.54, 1.807) is 6.07 Å². The molecule has 0 amide bonds. The summed E-state index contributed by atoms with van der Waals surface area (Å²) in [6.07, 6.45) is 3.65. The first-order valence-corrected chi connectivity index (χ1v) is 9.33. The Kier molecular flexibility index (Phi) is 4.53. The molecule has 1 N–H and O–H groups in total. The maximum Gasteiger partial charge on any atom is 0.115 e. The van der Waals surface area contributed by atoms with Crippen molar-refractivity contribution in [2.45, 2.75) is 31.4 Å². The maximum atomic E-state index is 10.00. The Bertz CT molecular complexity index is 701. The zero-order valence-electron chi connectivity index (χ0n) is 14.9. The van der Waals surface area contributed by atoms with Gasteiger partial charge in [0.1, 0.15) is 11.4 Å². The second-order valence-corrected chi connectivity index (χ2v) is 7.55. The number of nitrogens with zero attached hydrogens (tertiary/aromatic N) is 1. The molecule has 1 aliphatic heterocycles. The summed E-state index contributed by atoms with van der Waals surface area (Å²) in [5, 5.41) is 10.00. The van der Waals surface area contributed by atoms with Gasteiger partial charge in [-0.2, -0.15) is 0 Å². The summed E-state index contributed by atoms with van der Waals surface area (Å²) in [4.78, 5) is 2.59. The molecule has 0 unspecified atom stereocenters. The van der Waals surface area contributed by atoms with Crippen LogP contribution >= 0.6 is 0 Å². The highest BCUT2D eigenvalue weighted by Gasteiger charge is 2.53. The van der Waals surface area contributed by atoms with Gasteiger partial charge in [0.05, 0.1) is 0 Å². The highest BCUT2D eigenvalue weighted by atomic mass is 16.5. The number of hydrogen-bond donors (Lipinski definition) is 1. The summed E-state index contributed by atoms with van der Waals surface area (Å²) in [7, 11) is 1.85. The Hall–Kier alpha value is -1.84. The first-order chi connectivity index (χ1) is 12.2. The third kappa shape index (κ3) is 2.96. The largest absolute Gasteiger partial charge is 0.508 e. The molecule has 3 atom stereocenters. The minimum absolute atomic E-state index is 0.260. The molecule has 2 aromatic carbocycles. The van der Waals surface area contributed by atoms with Crippen LogP contribution in [0.2, 0.25) is 0 Å². The molecule has 0 radical (unpaired) electrons. The fourth-order valence-electron chi connectivity index (χ4n) is 5.17. The van der Waals surface area contributed by atoms with Crippen LogP contribution in [0.5, 0.6) is 5.75 Å². The number of benzene rings is 2. The first-order valence-electron chi connectivity index (χ1n) is 9.33. The van der Waals surface area contributed by atoms with E-state index in [1.807, 2.05) is 19.2 Å². The molecular weight excluding hydrogens is 310 g/mol. The summed E-state index contributed by atoms with van der Waals surface area (Å²) in [5.74, 6) is 1.27. The number of rotatable bonds is 4. The third-order valence-corrected chi connectivity index (χ3v) is 6.16. The Balaban J connectivity index is 1.63. The number of hydrogen-bond acceptors (Lipinski definition) is 3. The second-order valence-electron chi connectivity index (χ2n) is 7.55. The lowest BCUT2D eigenvalue weighted by Gasteiger charge is -2.55. The van der Waals surface area contributed by atoms with E-state index in [0.29, 0.717) is 17.6 Å². The van der Waals surface area contributed by atoms with Crippen molar-refractivity contribution in [3.8, 4) is 5.75 Å². The molecule has 2 aliphatic rings. The van der Waals surface area contributed by atoms with Crippen LogP contribution in [-0.4, -0.2) is 30.2 Å². The Morgan fingerprint density at radius 1 is 1.04 bits per heavy atom. The van der Waals surface area contributed by atoms with Gasteiger partial charge in [0.25, 0.3) is 0 Å². The summed E-state index contributed by atoms with van der Waals surface area (Å²) >= 11 is 0. The molecule has 1 saturated heterocycles. The lowest BCUT2D eigenvalue weighted by Crippen LogP contribution is -2.58. The number of piperidine rings is 1. The molecule has 2 bridgehead atoms. The molecule has 4 rings (SSSR count). The predicted octanol–water partition coefficient (Wildman–Crippen LogP) is 4.17. The van der Waals surface area contributed by atoms with Crippen LogP contribution < -0.4 is 0 Å². The number of likely N-dealkylation sites (tertiary alicyclic amines) is 1. The van der Waals surface area contributed by atoms with Crippen LogP contribution in [0, 0.1) is 11.8 Å². The quantitative estimate of drug-likeness (QED) is 0.909. The van der Waals surface area contributed by atoms with Crippen LogP contribution in [-0.2, 0) is 16.9 Å². The second kappa shape index (κ2) is 6.81. The van der Waals surface area contributed by atoms with Crippen molar-refractivity contribution in [3.63, 3.8) is 0 Å². The van der Waals surface area contributed by atoms with E-state index in [9.17, 15) is 5.11 Å². The molecule has 1 aliphatic carbocycles. The SMILES string of the molecule is CO[C@@]1(c2cccc(O)c2)[C@@H]2CCC[C@H]1CN(Cc1ccccc1)C2. The molecular formula is C22H27NO2. The van der Waals surface area contributed by atoms with Gasteiger partial charge in [0.15, 0.2) is 0 Å². The number of aromatic hydroxyl groups is 1. The normalized spacial score (nSPS) is 29.5. The molecule has 2 fully saturated rings. The van der Waals surface area contributed by atoms with E-state index >= 15 is 0 Å². The van der Waals surface area contributed by atoms with Gasteiger partial charge in [0, 0.05) is 38.6 Å². The topological polar surface area (TPSA) is 32.7 Å². The predicted molar refractivity (Wildman–Crippen MR) is 99.3 cm³/mol. The van der Waals surface area contributed by atoms with Crippen molar-refractivity contribution >= 4 is 0 Å². The number of phenolic OH excluding ortho intramolecular Hbond substituents is 1. The molecule has 0 aromatic heterocycles. The van der Waals surface area contributed by atoms with Crippen molar-refractivity contribution in [3.05, 3.63) is 65.7 Å². The van der Waals surface area contributed by atoms with Gasteiger partial charge in [-0.15, -0.1) is 0 Å².